The molecule has 3 nitrogen and oxygen atoms in total. The maximum atomic E-state index is 12.5. The number of rotatable bonds is 3. The third kappa shape index (κ3) is 2.90. The highest BCUT2D eigenvalue weighted by atomic mass is 16.3. The molecule has 1 atom stereocenters. The van der Waals surface area contributed by atoms with Crippen molar-refractivity contribution in [3.8, 4) is 5.75 Å². The summed E-state index contributed by atoms with van der Waals surface area (Å²) in [6.45, 7) is 3.80. The van der Waals surface area contributed by atoms with Crippen LogP contribution in [0.2, 0.25) is 0 Å². The van der Waals surface area contributed by atoms with Crippen molar-refractivity contribution in [2.24, 2.45) is 0 Å². The lowest BCUT2D eigenvalue weighted by Gasteiger charge is -2.18. The Bertz CT molecular complexity index is 870. The molecule has 3 rings (SSSR count). The Morgan fingerprint density at radius 3 is 2.48 bits per heavy atom. The van der Waals surface area contributed by atoms with Gasteiger partial charge in [-0.1, -0.05) is 48.5 Å². The van der Waals surface area contributed by atoms with Crippen LogP contribution in [-0.2, 0) is 0 Å². The summed E-state index contributed by atoms with van der Waals surface area (Å²) in [5.41, 5.74) is 2.32. The third-order valence-corrected chi connectivity index (χ3v) is 4.12. The van der Waals surface area contributed by atoms with Crippen LogP contribution in [0.3, 0.4) is 0 Å². The predicted molar refractivity (Wildman–Crippen MR) is 92.7 cm³/mol. The number of hydrogen-bond acceptors (Lipinski definition) is 2. The molecule has 3 aromatic carbocycles. The molecule has 0 fully saturated rings. The molecule has 0 bridgehead atoms. The fourth-order valence-electron chi connectivity index (χ4n) is 2.91. The van der Waals surface area contributed by atoms with Crippen LogP contribution in [-0.4, -0.2) is 11.0 Å². The van der Waals surface area contributed by atoms with Crippen LogP contribution in [0.1, 0.15) is 34.5 Å². The zero-order valence-corrected chi connectivity index (χ0v) is 13.2. The number of phenolic OH excluding ortho intramolecular Hbond substituents is 1. The third-order valence-electron chi connectivity index (χ3n) is 4.12. The van der Waals surface area contributed by atoms with E-state index in [2.05, 4.69) is 5.32 Å². The van der Waals surface area contributed by atoms with Crippen molar-refractivity contribution in [2.45, 2.75) is 19.9 Å². The van der Waals surface area contributed by atoms with Gasteiger partial charge in [-0.15, -0.1) is 0 Å². The fraction of sp³-hybridized carbons (Fsp3) is 0.150. The minimum atomic E-state index is -0.298. The van der Waals surface area contributed by atoms with Crippen LogP contribution in [0.25, 0.3) is 10.8 Å². The van der Waals surface area contributed by atoms with Gasteiger partial charge in [0.25, 0.3) is 5.91 Å². The monoisotopic (exact) mass is 305 g/mol. The molecule has 0 saturated heterocycles. The Morgan fingerprint density at radius 2 is 1.70 bits per heavy atom. The van der Waals surface area contributed by atoms with Gasteiger partial charge < -0.3 is 10.4 Å². The highest BCUT2D eigenvalue weighted by Crippen LogP contribution is 2.32. The number of nitrogens with one attached hydrogen (secondary N) is 1. The minimum Gasteiger partial charge on any atom is -0.508 e. The van der Waals surface area contributed by atoms with E-state index in [9.17, 15) is 9.90 Å². The van der Waals surface area contributed by atoms with E-state index < -0.39 is 0 Å². The zero-order valence-electron chi connectivity index (χ0n) is 13.2. The van der Waals surface area contributed by atoms with Crippen LogP contribution < -0.4 is 5.32 Å². The number of carbonyl (C=O) groups excluding carboxylic acids is 1. The molecule has 0 aromatic heterocycles. The number of phenols is 1. The lowest BCUT2D eigenvalue weighted by Crippen LogP contribution is -2.27. The second-order valence-corrected chi connectivity index (χ2v) is 5.73. The SMILES string of the molecule is Cc1ccccc1C(=O)NC(C)c1c(O)ccc2ccccc12. The number of benzene rings is 3. The standard InChI is InChI=1S/C20H19NO2/c1-13-7-3-5-9-16(13)20(23)21-14(2)19-17-10-6-4-8-15(17)11-12-18(19)22/h3-12,14,22H,1-2H3,(H,21,23). The summed E-state index contributed by atoms with van der Waals surface area (Å²) < 4.78 is 0. The number of fused-ring (bicyclic) bond motifs is 1. The molecule has 0 aliphatic rings. The predicted octanol–water partition coefficient (Wildman–Crippen LogP) is 4.34. The van der Waals surface area contributed by atoms with Crippen LogP contribution in [0.15, 0.2) is 60.7 Å². The van der Waals surface area contributed by atoms with Crippen molar-refractivity contribution >= 4 is 16.7 Å². The average Bonchev–Trinajstić information content (AvgIpc) is 2.54. The Labute approximate surface area is 135 Å². The molecule has 3 heteroatoms. The fourth-order valence-corrected chi connectivity index (χ4v) is 2.91. The molecule has 0 spiro atoms. The Morgan fingerprint density at radius 1 is 1.00 bits per heavy atom. The maximum absolute atomic E-state index is 12.5. The highest BCUT2D eigenvalue weighted by molar-refractivity contribution is 5.96. The molecule has 1 amide bonds. The van der Waals surface area contributed by atoms with Crippen LogP contribution >= 0.6 is 0 Å². The lowest BCUT2D eigenvalue weighted by molar-refractivity contribution is 0.0939. The smallest absolute Gasteiger partial charge is 0.252 e. The molecule has 0 heterocycles. The van der Waals surface area contributed by atoms with E-state index in [4.69, 9.17) is 0 Å². The molecule has 116 valence electrons. The van der Waals surface area contributed by atoms with Crippen molar-refractivity contribution in [1.82, 2.24) is 5.32 Å². The van der Waals surface area contributed by atoms with E-state index in [-0.39, 0.29) is 17.7 Å². The van der Waals surface area contributed by atoms with Gasteiger partial charge >= 0.3 is 0 Å². The summed E-state index contributed by atoms with van der Waals surface area (Å²) in [6.07, 6.45) is 0. The Balaban J connectivity index is 1.95. The van der Waals surface area contributed by atoms with Gasteiger partial charge in [0, 0.05) is 11.1 Å². The van der Waals surface area contributed by atoms with Crippen LogP contribution in [0.4, 0.5) is 0 Å². The van der Waals surface area contributed by atoms with E-state index in [1.807, 2.05) is 62.4 Å². The highest BCUT2D eigenvalue weighted by Gasteiger charge is 2.18. The topological polar surface area (TPSA) is 49.3 Å². The molecular weight excluding hydrogens is 286 g/mol. The quantitative estimate of drug-likeness (QED) is 0.756. The summed E-state index contributed by atoms with van der Waals surface area (Å²) in [5, 5.41) is 15.2. The molecular formula is C20H19NO2. The number of aryl methyl sites for hydroxylation is 1. The van der Waals surface area contributed by atoms with Gasteiger partial charge in [-0.05, 0) is 42.3 Å². The van der Waals surface area contributed by atoms with Crippen molar-refractivity contribution in [1.29, 1.82) is 0 Å². The summed E-state index contributed by atoms with van der Waals surface area (Å²) in [7, 11) is 0. The first kappa shape index (κ1) is 15.1. The van der Waals surface area contributed by atoms with Crippen molar-refractivity contribution < 1.29 is 9.90 Å². The number of aromatic hydroxyl groups is 1. The summed E-state index contributed by atoms with van der Waals surface area (Å²) in [6, 6.07) is 18.6. The first-order chi connectivity index (χ1) is 11.1. The van der Waals surface area contributed by atoms with Crippen molar-refractivity contribution in [3.05, 3.63) is 77.4 Å². The zero-order chi connectivity index (χ0) is 16.4. The molecule has 0 radical (unpaired) electrons. The second-order valence-electron chi connectivity index (χ2n) is 5.73. The van der Waals surface area contributed by atoms with Gasteiger partial charge in [-0.3, -0.25) is 4.79 Å². The molecule has 23 heavy (non-hydrogen) atoms. The number of carbonyl (C=O) groups is 1. The van der Waals surface area contributed by atoms with E-state index >= 15 is 0 Å². The van der Waals surface area contributed by atoms with Gasteiger partial charge in [-0.25, -0.2) is 0 Å². The first-order valence-electron chi connectivity index (χ1n) is 7.65. The van der Waals surface area contributed by atoms with E-state index in [1.54, 1.807) is 12.1 Å². The lowest BCUT2D eigenvalue weighted by atomic mass is 9.98. The maximum Gasteiger partial charge on any atom is 0.252 e. The summed E-state index contributed by atoms with van der Waals surface area (Å²) in [4.78, 5) is 12.5. The molecule has 2 N–H and O–H groups in total. The van der Waals surface area contributed by atoms with Crippen LogP contribution in [0.5, 0.6) is 5.75 Å². The normalized spacial score (nSPS) is 12.1. The van der Waals surface area contributed by atoms with E-state index in [0.717, 1.165) is 21.9 Å². The number of amides is 1. The summed E-state index contributed by atoms with van der Waals surface area (Å²) >= 11 is 0. The second kappa shape index (κ2) is 6.13. The van der Waals surface area contributed by atoms with Crippen molar-refractivity contribution in [3.63, 3.8) is 0 Å². The van der Waals surface area contributed by atoms with Gasteiger partial charge in [-0.2, -0.15) is 0 Å². The molecule has 3 aromatic rings. The Kier molecular flexibility index (Phi) is 4.02. The van der Waals surface area contributed by atoms with Gasteiger partial charge in [0.2, 0.25) is 0 Å². The van der Waals surface area contributed by atoms with Crippen molar-refractivity contribution in [2.75, 3.05) is 0 Å². The molecule has 0 aliphatic carbocycles. The van der Waals surface area contributed by atoms with Gasteiger partial charge in [0.15, 0.2) is 0 Å². The van der Waals surface area contributed by atoms with Gasteiger partial charge in [0.1, 0.15) is 5.75 Å². The van der Waals surface area contributed by atoms with Gasteiger partial charge in [0.05, 0.1) is 6.04 Å². The number of hydrogen-bond donors (Lipinski definition) is 2. The largest absolute Gasteiger partial charge is 0.508 e. The molecule has 0 saturated carbocycles. The van der Waals surface area contributed by atoms with E-state index in [0.29, 0.717) is 5.56 Å². The Hall–Kier alpha value is -2.81. The molecule has 1 unspecified atom stereocenters. The minimum absolute atomic E-state index is 0.136. The van der Waals surface area contributed by atoms with Crippen LogP contribution in [0, 0.1) is 6.92 Å². The first-order valence-corrected chi connectivity index (χ1v) is 7.65. The van der Waals surface area contributed by atoms with E-state index in [1.165, 1.54) is 0 Å². The molecule has 0 aliphatic heterocycles. The summed E-state index contributed by atoms with van der Waals surface area (Å²) in [5.74, 6) is 0.0595. The average molecular weight is 305 g/mol.